The fraction of sp³-hybridized carbons (Fsp3) is 0. The minimum atomic E-state index is 0. The molecule has 0 fully saturated rings. The molecule has 0 saturated heterocycles. The molecule has 0 saturated carbocycles. The Kier molecular flexibility index (Phi) is 11.9. The molecular formula is C29H21Cl2OPZr-3. The van der Waals surface area contributed by atoms with Crippen molar-refractivity contribution in [3.05, 3.63) is 127 Å². The quantitative estimate of drug-likeness (QED) is 0.237. The Labute approximate surface area is 228 Å². The Morgan fingerprint density at radius 1 is 0.471 bits per heavy atom. The first-order valence-electron chi connectivity index (χ1n) is 10.4. The zero-order chi connectivity index (χ0) is 22.2. The van der Waals surface area contributed by atoms with Crippen LogP contribution in [0.25, 0.3) is 44.5 Å². The maximum absolute atomic E-state index is 8.94. The molecule has 0 spiro atoms. The van der Waals surface area contributed by atoms with Gasteiger partial charge in [0.15, 0.2) is 0 Å². The normalized spacial score (nSPS) is 9.59. The second kappa shape index (κ2) is 14.4. The average Bonchev–Trinajstić information content (AvgIpc) is 3.27. The van der Waals surface area contributed by atoms with Crippen molar-refractivity contribution in [3.63, 3.8) is 0 Å². The van der Waals surface area contributed by atoms with Crippen LogP contribution in [0.15, 0.2) is 127 Å². The van der Waals surface area contributed by atoms with E-state index < -0.39 is 0 Å². The third-order valence-corrected chi connectivity index (χ3v) is 5.37. The monoisotopic (exact) mass is 576 g/mol. The molecule has 0 amide bonds. The molecular weight excluding hydrogens is 557 g/mol. The van der Waals surface area contributed by atoms with E-state index in [1.165, 1.54) is 44.5 Å². The van der Waals surface area contributed by atoms with E-state index in [1.807, 2.05) is 0 Å². The molecule has 0 bridgehead atoms. The molecule has 0 aliphatic heterocycles. The first kappa shape index (κ1) is 28.2. The zero-order valence-corrected chi connectivity index (χ0v) is 23.1. The fourth-order valence-electron chi connectivity index (χ4n) is 4.06. The van der Waals surface area contributed by atoms with E-state index in [2.05, 4.69) is 127 Å². The molecule has 0 aliphatic carbocycles. The van der Waals surface area contributed by atoms with E-state index in [-0.39, 0.29) is 29.9 Å². The Morgan fingerprint density at radius 3 is 0.971 bits per heavy atom. The van der Waals surface area contributed by atoms with Crippen molar-refractivity contribution in [1.82, 2.24) is 0 Å². The summed E-state index contributed by atoms with van der Waals surface area (Å²) in [5.74, 6) is 0. The molecule has 5 aromatic rings. The molecule has 169 valence electrons. The molecule has 0 aliphatic rings. The number of rotatable bonds is 4. The van der Waals surface area contributed by atoms with Crippen LogP contribution in [-0.2, 0) is 27.9 Å². The minimum Gasteiger partial charge on any atom is -1.00 e. The van der Waals surface area contributed by atoms with Crippen LogP contribution in [0.2, 0.25) is 0 Å². The number of hydrogen-bond acceptors (Lipinski definition) is 1. The fourth-order valence-corrected chi connectivity index (χ4v) is 4.06. The third-order valence-electron chi connectivity index (χ3n) is 5.37. The number of halogens is 2. The van der Waals surface area contributed by atoms with Crippen molar-refractivity contribution in [3.8, 4) is 44.5 Å². The molecule has 34 heavy (non-hydrogen) atoms. The molecule has 5 heteroatoms. The minimum absolute atomic E-state index is 0. The molecule has 0 unspecified atom stereocenters. The van der Waals surface area contributed by atoms with E-state index in [4.69, 9.17) is 4.57 Å². The second-order valence-corrected chi connectivity index (χ2v) is 8.81. The summed E-state index contributed by atoms with van der Waals surface area (Å²) >= 11 is 1.05. The van der Waals surface area contributed by atoms with Gasteiger partial charge in [0, 0.05) is 0 Å². The number of hydrogen-bond donors (Lipinski definition) is 0. The van der Waals surface area contributed by atoms with Gasteiger partial charge in [-0.15, -0.1) is 28.3 Å². The Morgan fingerprint density at radius 2 is 0.706 bits per heavy atom. The van der Waals surface area contributed by atoms with Gasteiger partial charge in [-0.3, -0.25) is 0 Å². The summed E-state index contributed by atoms with van der Waals surface area (Å²) in [5.41, 5.74) is 10.1. The maximum atomic E-state index is 8.94. The van der Waals surface area contributed by atoms with Gasteiger partial charge in [0.1, 0.15) is 0 Å². The first-order chi connectivity index (χ1) is 15.8. The summed E-state index contributed by atoms with van der Waals surface area (Å²) in [7, 11) is 0. The molecule has 5 rings (SSSR count). The average molecular weight is 579 g/mol. The standard InChI is InChI=1S/C29H21.2ClH.OP.Zr/c1-5-13-22(14-6-1)26-21-27(23-15-7-2-8-16-23)29(25-19-11-4-12-20-25)28(26)24-17-9-3-10-18-24;;;1-2;/h1-21H;2*1H;;/q-1;;;-1;+1/p-2. The van der Waals surface area contributed by atoms with Gasteiger partial charge in [-0.25, -0.2) is 0 Å². The summed E-state index contributed by atoms with van der Waals surface area (Å²) < 4.78 is 8.94. The summed E-state index contributed by atoms with van der Waals surface area (Å²) in [4.78, 5) is 0. The summed E-state index contributed by atoms with van der Waals surface area (Å²) in [6.45, 7) is 0. The van der Waals surface area contributed by atoms with Crippen molar-refractivity contribution >= 4 is 5.05 Å². The SMILES string of the molecule is O=[P]#[Zr].[Cl-].[Cl-].c1ccc(-c2[cH-]c(-c3ccccc3)c(-c3ccccc3)c2-c2ccccc2)cc1. The molecule has 5 aromatic carbocycles. The zero-order valence-electron chi connectivity index (χ0n) is 18.2. The number of benzene rings is 4. The second-order valence-electron chi connectivity index (χ2n) is 7.28. The van der Waals surface area contributed by atoms with Gasteiger partial charge in [-0.05, 0) is 0 Å². The predicted molar refractivity (Wildman–Crippen MR) is 131 cm³/mol. The van der Waals surface area contributed by atoms with Crippen molar-refractivity contribution < 1.29 is 52.8 Å². The largest absolute Gasteiger partial charge is 1.00 e. The van der Waals surface area contributed by atoms with Crippen molar-refractivity contribution in [2.24, 2.45) is 0 Å². The topological polar surface area (TPSA) is 17.1 Å². The Balaban J connectivity index is 0.000000778. The Hall–Kier alpha value is -2.08. The molecule has 0 aromatic heterocycles. The van der Waals surface area contributed by atoms with Gasteiger partial charge in [-0.2, -0.15) is 0 Å². The van der Waals surface area contributed by atoms with Crippen LogP contribution in [0.4, 0.5) is 0 Å². The van der Waals surface area contributed by atoms with Gasteiger partial charge < -0.3 is 24.8 Å². The van der Waals surface area contributed by atoms with E-state index in [1.54, 1.807) is 0 Å². The van der Waals surface area contributed by atoms with Crippen LogP contribution < -0.4 is 24.8 Å². The molecule has 0 atom stereocenters. The summed E-state index contributed by atoms with van der Waals surface area (Å²) in [5, 5.41) is 0.257. The maximum Gasteiger partial charge on any atom is -0.0581 e. The van der Waals surface area contributed by atoms with Crippen LogP contribution in [-0.4, -0.2) is 0 Å². The van der Waals surface area contributed by atoms with E-state index in [0.29, 0.717) is 0 Å². The van der Waals surface area contributed by atoms with Crippen LogP contribution in [0, 0.1) is 0 Å². The van der Waals surface area contributed by atoms with Crippen molar-refractivity contribution in [1.29, 1.82) is 0 Å². The van der Waals surface area contributed by atoms with E-state index >= 15 is 0 Å². The predicted octanol–water partition coefficient (Wildman–Crippen LogP) is 2.82. The molecule has 0 heterocycles. The summed E-state index contributed by atoms with van der Waals surface area (Å²) in [6.07, 6.45) is 0. The first-order valence-corrected chi connectivity index (χ1v) is 14.5. The van der Waals surface area contributed by atoms with Gasteiger partial charge in [-0.1, -0.05) is 144 Å². The van der Waals surface area contributed by atoms with E-state index in [0.717, 1.165) is 23.4 Å². The van der Waals surface area contributed by atoms with Crippen molar-refractivity contribution in [2.75, 3.05) is 0 Å². The van der Waals surface area contributed by atoms with Crippen LogP contribution in [0.1, 0.15) is 0 Å². The van der Waals surface area contributed by atoms with Crippen molar-refractivity contribution in [2.45, 2.75) is 0 Å². The smallest absolute Gasteiger partial charge is 0.0581 e. The van der Waals surface area contributed by atoms with Gasteiger partial charge in [0.2, 0.25) is 0 Å². The van der Waals surface area contributed by atoms with E-state index in [9.17, 15) is 0 Å². The molecule has 0 N–H and O–H groups in total. The molecule has 0 radical (unpaired) electrons. The van der Waals surface area contributed by atoms with Crippen LogP contribution >= 0.6 is 5.05 Å². The van der Waals surface area contributed by atoms with Gasteiger partial charge in [0.25, 0.3) is 0 Å². The van der Waals surface area contributed by atoms with Gasteiger partial charge >= 0.3 is 33.0 Å². The van der Waals surface area contributed by atoms with Crippen LogP contribution in [0.5, 0.6) is 0 Å². The summed E-state index contributed by atoms with van der Waals surface area (Å²) in [6, 6.07) is 45.2. The molecule has 1 nitrogen and oxygen atoms in total. The van der Waals surface area contributed by atoms with Gasteiger partial charge in [0.05, 0.1) is 0 Å². The third kappa shape index (κ3) is 6.53. The van der Waals surface area contributed by atoms with Crippen LogP contribution in [0.3, 0.4) is 0 Å². The Bertz CT molecular complexity index is 1270.